The van der Waals surface area contributed by atoms with Crippen molar-refractivity contribution in [2.45, 2.75) is 82.7 Å². The molecule has 7 nitrogen and oxygen atoms in total. The maximum absolute atomic E-state index is 12.7. The zero-order chi connectivity index (χ0) is 24.0. The van der Waals surface area contributed by atoms with Crippen LogP contribution in [-0.4, -0.2) is 59.2 Å². The molecule has 0 saturated carbocycles. The summed E-state index contributed by atoms with van der Waals surface area (Å²) < 4.78 is 35.2. The number of anilines is 1. The molecule has 0 unspecified atom stereocenters. The molecule has 0 aromatic heterocycles. The topological polar surface area (TPSA) is 89.8 Å². The van der Waals surface area contributed by atoms with Crippen molar-refractivity contribution in [3.05, 3.63) is 33.0 Å². The number of sulfonamides is 1. The van der Waals surface area contributed by atoms with Crippen molar-refractivity contribution >= 4 is 30.1 Å². The van der Waals surface area contributed by atoms with E-state index in [4.69, 9.17) is 4.43 Å². The molecular weight excluding hydrogens is 494 g/mol. The second-order valence-electron chi connectivity index (χ2n) is 11.3. The van der Waals surface area contributed by atoms with E-state index in [1.807, 2.05) is 0 Å². The molecule has 34 heavy (non-hydrogen) atoms. The summed E-state index contributed by atoms with van der Waals surface area (Å²) in [6.07, 6.45) is 6.07. The van der Waals surface area contributed by atoms with Gasteiger partial charge in [-0.25, -0.2) is 8.42 Å². The fraction of sp³-hybridized carbons (Fsp3) is 0.708. The van der Waals surface area contributed by atoms with E-state index in [1.165, 1.54) is 22.3 Å². The number of carbonyl (C=O) groups excluding carboxylic acids is 1. The van der Waals surface area contributed by atoms with Crippen molar-refractivity contribution in [1.82, 2.24) is 4.90 Å². The molecular formula is C24H38KN3O4SSi. The Balaban J connectivity index is 0.00000324. The fourth-order valence-electron chi connectivity index (χ4n) is 4.83. The Morgan fingerprint density at radius 1 is 1.12 bits per heavy atom. The number of aryl methyl sites for hydroxylation is 2. The Morgan fingerprint density at radius 2 is 1.68 bits per heavy atom. The van der Waals surface area contributed by atoms with Crippen LogP contribution >= 0.6 is 0 Å². The van der Waals surface area contributed by atoms with Gasteiger partial charge in [-0.2, -0.15) is 0 Å². The van der Waals surface area contributed by atoms with Crippen LogP contribution in [0.15, 0.2) is 6.07 Å². The molecule has 2 amide bonds. The van der Waals surface area contributed by atoms with Crippen molar-refractivity contribution < 1.29 is 69.0 Å². The largest absolute Gasteiger partial charge is 1.00 e. The second-order valence-corrected chi connectivity index (χ2v) is 17.9. The van der Waals surface area contributed by atoms with Crippen molar-refractivity contribution in [2.24, 2.45) is 0 Å². The van der Waals surface area contributed by atoms with Gasteiger partial charge < -0.3 is 14.5 Å². The van der Waals surface area contributed by atoms with Crippen molar-refractivity contribution in [1.29, 1.82) is 0 Å². The molecule has 1 heterocycles. The van der Waals surface area contributed by atoms with Gasteiger partial charge >= 0.3 is 51.4 Å². The quantitative estimate of drug-likeness (QED) is 0.540. The molecule has 1 saturated heterocycles. The third-order valence-corrected chi connectivity index (χ3v) is 14.0. The van der Waals surface area contributed by atoms with E-state index in [-0.39, 0.29) is 56.4 Å². The van der Waals surface area contributed by atoms with Gasteiger partial charge in [-0.05, 0) is 84.6 Å². The van der Waals surface area contributed by atoms with Gasteiger partial charge in [0.05, 0.1) is 5.25 Å². The average Bonchev–Trinajstić information content (AvgIpc) is 3.30. The molecule has 1 aromatic rings. The first kappa shape index (κ1) is 28.8. The molecule has 1 N–H and O–H groups in total. The normalized spacial score (nSPS) is 18.6. The number of hydrogen-bond donors (Lipinski definition) is 1. The van der Waals surface area contributed by atoms with Gasteiger partial charge in [0.2, 0.25) is 0 Å². The molecule has 1 fully saturated rings. The molecule has 1 aromatic carbocycles. The maximum atomic E-state index is 12.7. The number of amides is 2. The molecule has 0 spiro atoms. The van der Waals surface area contributed by atoms with E-state index in [9.17, 15) is 13.2 Å². The first-order valence-electron chi connectivity index (χ1n) is 12.2. The third kappa shape index (κ3) is 6.19. The number of likely N-dealkylation sites (tertiary alicyclic amines) is 1. The van der Waals surface area contributed by atoms with Gasteiger partial charge in [0.25, 0.3) is 0 Å². The van der Waals surface area contributed by atoms with E-state index in [2.05, 4.69) is 54.9 Å². The van der Waals surface area contributed by atoms with E-state index in [0.717, 1.165) is 44.2 Å². The molecule has 0 atom stereocenters. The number of nitrogens with zero attached hydrogens (tertiary/aromatic N) is 2. The Kier molecular flexibility index (Phi) is 9.23. The SMILES string of the molecule is CC(C)(C)[Si](C)(C)OCCN1CC(S(=O)(=O)[N-]C(=O)Nc2c3c(cc4c2CCC4)CCC3)C1.[K+]. The Labute approximate surface area is 248 Å². The number of urea groups is 1. The summed E-state index contributed by atoms with van der Waals surface area (Å²) in [5.74, 6) is 0. The fourth-order valence-corrected chi connectivity index (χ4v) is 7.09. The predicted molar refractivity (Wildman–Crippen MR) is 135 cm³/mol. The standard InChI is InChI=1S/C24H39N3O4SSi.K/c1-24(2,3)33(4,5)31-13-12-27-15-19(16-27)32(29,30)26-23(28)25-22-20-10-6-8-17(20)14-18-9-7-11-21(18)22;/h14,19H,6-13,15-16H2,1-5H3,(H2,25,26,28);/q;+1/p-1. The summed E-state index contributed by atoms with van der Waals surface area (Å²) >= 11 is 0. The summed E-state index contributed by atoms with van der Waals surface area (Å²) in [4.78, 5) is 14.7. The molecule has 3 aliphatic rings. The van der Waals surface area contributed by atoms with E-state index in [1.54, 1.807) is 0 Å². The van der Waals surface area contributed by atoms with Crippen LogP contribution in [0.1, 0.15) is 55.9 Å². The minimum absolute atomic E-state index is 0. The number of carbonyl (C=O) groups is 1. The number of nitrogens with one attached hydrogen (secondary N) is 1. The number of benzene rings is 1. The third-order valence-electron chi connectivity index (χ3n) is 7.94. The zero-order valence-corrected chi connectivity index (χ0v) is 26.6. The van der Waals surface area contributed by atoms with Crippen LogP contribution in [0.2, 0.25) is 18.1 Å². The van der Waals surface area contributed by atoms with Crippen LogP contribution in [-0.2, 0) is 40.1 Å². The predicted octanol–water partition coefficient (Wildman–Crippen LogP) is 1.61. The number of hydrogen-bond acceptors (Lipinski definition) is 5. The molecule has 2 aliphatic carbocycles. The summed E-state index contributed by atoms with van der Waals surface area (Å²) in [6, 6.07) is 1.52. The summed E-state index contributed by atoms with van der Waals surface area (Å²) in [6.45, 7) is 13.1. The van der Waals surface area contributed by atoms with Crippen LogP contribution in [0, 0.1) is 0 Å². The summed E-state index contributed by atoms with van der Waals surface area (Å²) in [5.41, 5.74) is 5.77. The molecule has 0 bridgehead atoms. The van der Waals surface area contributed by atoms with Crippen LogP contribution in [0.5, 0.6) is 0 Å². The molecule has 10 heteroatoms. The van der Waals surface area contributed by atoms with Crippen LogP contribution in [0.3, 0.4) is 0 Å². The van der Waals surface area contributed by atoms with Crippen LogP contribution in [0.4, 0.5) is 10.5 Å². The van der Waals surface area contributed by atoms with Crippen LogP contribution in [0.25, 0.3) is 4.72 Å². The van der Waals surface area contributed by atoms with E-state index < -0.39 is 29.6 Å². The average molecular weight is 532 g/mol. The Hall–Kier alpha value is 0.213. The summed E-state index contributed by atoms with van der Waals surface area (Å²) in [5, 5.41) is 2.39. The minimum Gasteiger partial charge on any atom is -0.423 e. The van der Waals surface area contributed by atoms with Gasteiger partial charge in [0.15, 0.2) is 24.4 Å². The first-order valence-corrected chi connectivity index (χ1v) is 16.6. The molecule has 1 aliphatic heterocycles. The summed E-state index contributed by atoms with van der Waals surface area (Å²) in [7, 11) is -5.65. The second kappa shape index (κ2) is 10.9. The van der Waals surface area contributed by atoms with Crippen molar-refractivity contribution in [3.63, 3.8) is 0 Å². The van der Waals surface area contributed by atoms with E-state index >= 15 is 0 Å². The molecule has 184 valence electrons. The van der Waals surface area contributed by atoms with Crippen molar-refractivity contribution in [3.8, 4) is 0 Å². The van der Waals surface area contributed by atoms with E-state index in [0.29, 0.717) is 26.2 Å². The van der Waals surface area contributed by atoms with Gasteiger partial charge in [0.1, 0.15) is 0 Å². The monoisotopic (exact) mass is 531 g/mol. The first-order chi connectivity index (χ1) is 15.4. The van der Waals surface area contributed by atoms with Crippen LogP contribution < -0.4 is 56.7 Å². The molecule has 4 rings (SSSR count). The Morgan fingerprint density at radius 3 is 2.21 bits per heavy atom. The minimum atomic E-state index is -3.84. The molecule has 0 radical (unpaired) electrons. The Bertz CT molecular complexity index is 1000. The maximum Gasteiger partial charge on any atom is 1.00 e. The smallest absolute Gasteiger partial charge is 0.423 e. The van der Waals surface area contributed by atoms with Crippen molar-refractivity contribution in [2.75, 3.05) is 31.6 Å². The zero-order valence-electron chi connectivity index (χ0n) is 21.7. The number of fused-ring (bicyclic) bond motifs is 2. The van der Waals surface area contributed by atoms with Gasteiger partial charge in [-0.15, -0.1) is 0 Å². The van der Waals surface area contributed by atoms with Gasteiger partial charge in [-0.3, -0.25) is 9.69 Å². The number of rotatable bonds is 7. The van der Waals surface area contributed by atoms with Gasteiger partial charge in [0, 0.05) is 26.2 Å². The van der Waals surface area contributed by atoms with Gasteiger partial charge in [-0.1, -0.05) is 26.8 Å².